The van der Waals surface area contributed by atoms with E-state index in [0.29, 0.717) is 19.5 Å². The Morgan fingerprint density at radius 2 is 2.10 bits per heavy atom. The van der Waals surface area contributed by atoms with Crippen molar-refractivity contribution in [3.05, 3.63) is 33.9 Å². The Morgan fingerprint density at radius 3 is 2.62 bits per heavy atom. The molecule has 0 amide bonds. The summed E-state index contributed by atoms with van der Waals surface area (Å²) in [6.45, 7) is 3.77. The molecule has 0 aliphatic heterocycles. The van der Waals surface area contributed by atoms with E-state index in [1.807, 2.05) is 11.8 Å². The molecule has 116 valence electrons. The van der Waals surface area contributed by atoms with E-state index >= 15 is 0 Å². The first-order valence-corrected chi connectivity index (χ1v) is 6.62. The largest absolute Gasteiger partial charge is 0.490 e. The van der Waals surface area contributed by atoms with E-state index in [9.17, 15) is 14.9 Å². The predicted octanol–water partition coefficient (Wildman–Crippen LogP) is 1.99. The van der Waals surface area contributed by atoms with Gasteiger partial charge in [0.05, 0.1) is 25.6 Å². The van der Waals surface area contributed by atoms with Crippen LogP contribution >= 0.6 is 0 Å². The number of esters is 1. The molecule has 0 aliphatic carbocycles. The second kappa shape index (κ2) is 8.21. The van der Waals surface area contributed by atoms with Crippen LogP contribution < -0.4 is 4.74 Å². The molecule has 7 nitrogen and oxygen atoms in total. The van der Waals surface area contributed by atoms with Gasteiger partial charge in [0.2, 0.25) is 0 Å². The minimum Gasteiger partial charge on any atom is -0.490 e. The van der Waals surface area contributed by atoms with E-state index in [-0.39, 0.29) is 17.4 Å². The Labute approximate surface area is 123 Å². The number of ether oxygens (including phenoxy) is 2. The number of carbonyl (C=O) groups excluding carboxylic acids is 1. The van der Waals surface area contributed by atoms with Gasteiger partial charge in [0.15, 0.2) is 5.75 Å². The van der Waals surface area contributed by atoms with Crippen molar-refractivity contribution in [3.8, 4) is 5.75 Å². The number of benzene rings is 1. The van der Waals surface area contributed by atoms with Crippen LogP contribution in [0.1, 0.15) is 18.9 Å². The first kappa shape index (κ1) is 16.9. The van der Waals surface area contributed by atoms with Crippen molar-refractivity contribution in [1.29, 1.82) is 0 Å². The van der Waals surface area contributed by atoms with Gasteiger partial charge in [-0.1, -0.05) is 13.0 Å². The maximum absolute atomic E-state index is 11.2. The highest BCUT2D eigenvalue weighted by Crippen LogP contribution is 2.27. The van der Waals surface area contributed by atoms with Gasteiger partial charge < -0.3 is 9.47 Å². The van der Waals surface area contributed by atoms with Crippen LogP contribution in [0.3, 0.4) is 0 Å². The van der Waals surface area contributed by atoms with Crippen molar-refractivity contribution in [3.63, 3.8) is 0 Å². The summed E-state index contributed by atoms with van der Waals surface area (Å²) in [5.41, 5.74) is 0.744. The molecule has 0 unspecified atom stereocenters. The lowest BCUT2D eigenvalue weighted by molar-refractivity contribution is -0.385. The minimum absolute atomic E-state index is 0.0565. The number of nitrogens with zero attached hydrogens (tertiary/aromatic N) is 2. The van der Waals surface area contributed by atoms with E-state index in [1.54, 1.807) is 12.1 Å². The molecule has 0 saturated carbocycles. The van der Waals surface area contributed by atoms with Crippen LogP contribution in [0.15, 0.2) is 18.2 Å². The monoisotopic (exact) mass is 296 g/mol. The van der Waals surface area contributed by atoms with Crippen molar-refractivity contribution >= 4 is 11.7 Å². The van der Waals surface area contributed by atoms with Gasteiger partial charge in [-0.05, 0) is 18.2 Å². The lowest BCUT2D eigenvalue weighted by Gasteiger charge is -2.19. The summed E-state index contributed by atoms with van der Waals surface area (Å²) in [6.07, 6.45) is 0.294. The molecule has 0 heterocycles. The first-order valence-electron chi connectivity index (χ1n) is 6.62. The molecule has 1 aromatic carbocycles. The summed E-state index contributed by atoms with van der Waals surface area (Å²) in [7, 11) is 2.75. The molecule has 21 heavy (non-hydrogen) atoms. The van der Waals surface area contributed by atoms with Crippen LogP contribution in [0.25, 0.3) is 0 Å². The van der Waals surface area contributed by atoms with Gasteiger partial charge in [0.25, 0.3) is 0 Å². The van der Waals surface area contributed by atoms with Gasteiger partial charge in [0.1, 0.15) is 0 Å². The predicted molar refractivity (Wildman–Crippen MR) is 77.2 cm³/mol. The first-order chi connectivity index (χ1) is 10.0. The summed E-state index contributed by atoms with van der Waals surface area (Å²) < 4.78 is 9.57. The fourth-order valence-corrected chi connectivity index (χ4v) is 1.94. The summed E-state index contributed by atoms with van der Waals surface area (Å²) >= 11 is 0. The van der Waals surface area contributed by atoms with E-state index < -0.39 is 4.92 Å². The van der Waals surface area contributed by atoms with Crippen LogP contribution in [0.5, 0.6) is 5.75 Å². The molecule has 1 rings (SSSR count). The van der Waals surface area contributed by atoms with E-state index in [0.717, 1.165) is 12.1 Å². The minimum atomic E-state index is -0.465. The smallest absolute Gasteiger partial charge is 0.311 e. The highest BCUT2D eigenvalue weighted by atomic mass is 16.6. The van der Waals surface area contributed by atoms with E-state index in [4.69, 9.17) is 4.74 Å². The van der Waals surface area contributed by atoms with E-state index in [1.165, 1.54) is 20.3 Å². The summed E-state index contributed by atoms with van der Waals surface area (Å²) in [5, 5.41) is 11.0. The normalized spacial score (nSPS) is 10.5. The van der Waals surface area contributed by atoms with Crippen molar-refractivity contribution < 1.29 is 19.2 Å². The number of hydrogen-bond donors (Lipinski definition) is 0. The van der Waals surface area contributed by atoms with Crippen LogP contribution in [0.2, 0.25) is 0 Å². The lowest BCUT2D eigenvalue weighted by atomic mass is 10.1. The fourth-order valence-electron chi connectivity index (χ4n) is 1.94. The third-order valence-corrected chi connectivity index (χ3v) is 3.15. The Morgan fingerprint density at radius 1 is 1.38 bits per heavy atom. The van der Waals surface area contributed by atoms with Crippen LogP contribution in [-0.4, -0.2) is 43.1 Å². The number of carbonyl (C=O) groups is 1. The Bertz CT molecular complexity index is 504. The Hall–Kier alpha value is -2.15. The van der Waals surface area contributed by atoms with Crippen molar-refractivity contribution in [2.45, 2.75) is 19.9 Å². The third kappa shape index (κ3) is 5.03. The molecule has 0 N–H and O–H groups in total. The second-order valence-corrected chi connectivity index (χ2v) is 4.46. The zero-order chi connectivity index (χ0) is 15.8. The third-order valence-electron chi connectivity index (χ3n) is 3.15. The molecule has 0 aromatic heterocycles. The Balaban J connectivity index is 2.78. The molecule has 0 bridgehead atoms. The molecule has 0 spiro atoms. The molecule has 0 radical (unpaired) electrons. The standard InChI is InChI=1S/C14H20N2O5/c1-4-15(8-7-14(17)21-3)10-11-5-6-13(20-2)12(9-11)16(18)19/h5-6,9H,4,7-8,10H2,1-3H3. The number of nitro benzene ring substituents is 1. The zero-order valence-corrected chi connectivity index (χ0v) is 12.5. The number of hydrogen-bond acceptors (Lipinski definition) is 6. The number of nitro groups is 1. The fraction of sp³-hybridized carbons (Fsp3) is 0.500. The van der Waals surface area contributed by atoms with Crippen LogP contribution in [-0.2, 0) is 16.1 Å². The molecule has 0 saturated heterocycles. The van der Waals surface area contributed by atoms with Crippen molar-refractivity contribution in [2.75, 3.05) is 27.3 Å². The van der Waals surface area contributed by atoms with E-state index in [2.05, 4.69) is 4.74 Å². The molecule has 7 heteroatoms. The molecular weight excluding hydrogens is 276 g/mol. The van der Waals surface area contributed by atoms with Gasteiger partial charge in [-0.3, -0.25) is 19.8 Å². The maximum Gasteiger partial charge on any atom is 0.311 e. The van der Waals surface area contributed by atoms with Gasteiger partial charge >= 0.3 is 11.7 Å². The van der Waals surface area contributed by atoms with Gasteiger partial charge in [-0.25, -0.2) is 0 Å². The van der Waals surface area contributed by atoms with Gasteiger partial charge in [-0.2, -0.15) is 0 Å². The maximum atomic E-state index is 11.2. The quantitative estimate of drug-likeness (QED) is 0.414. The number of methoxy groups -OCH3 is 2. The Kier molecular flexibility index (Phi) is 6.61. The van der Waals surface area contributed by atoms with Crippen LogP contribution in [0, 0.1) is 10.1 Å². The molecule has 1 aromatic rings. The molecule has 0 aliphatic rings. The molecule has 0 atom stereocenters. The topological polar surface area (TPSA) is 81.9 Å². The van der Waals surface area contributed by atoms with Crippen molar-refractivity contribution in [2.24, 2.45) is 0 Å². The summed E-state index contributed by atoms with van der Waals surface area (Å²) in [6, 6.07) is 4.87. The van der Waals surface area contributed by atoms with Gasteiger partial charge in [-0.15, -0.1) is 0 Å². The molecular formula is C14H20N2O5. The summed E-state index contributed by atoms with van der Waals surface area (Å²) in [4.78, 5) is 23.7. The van der Waals surface area contributed by atoms with Gasteiger partial charge in [0, 0.05) is 19.2 Å². The zero-order valence-electron chi connectivity index (χ0n) is 12.5. The van der Waals surface area contributed by atoms with Crippen LogP contribution in [0.4, 0.5) is 5.69 Å². The SMILES string of the molecule is CCN(CCC(=O)OC)Cc1ccc(OC)c([N+](=O)[O-])c1. The highest BCUT2D eigenvalue weighted by Gasteiger charge is 2.16. The lowest BCUT2D eigenvalue weighted by Crippen LogP contribution is -2.26. The number of rotatable bonds is 8. The highest BCUT2D eigenvalue weighted by molar-refractivity contribution is 5.69. The van der Waals surface area contributed by atoms with Crippen molar-refractivity contribution in [1.82, 2.24) is 4.90 Å². The molecule has 0 fully saturated rings. The summed E-state index contributed by atoms with van der Waals surface area (Å²) in [5.74, 6) is -0.0319. The average molecular weight is 296 g/mol. The average Bonchev–Trinajstić information content (AvgIpc) is 2.50. The second-order valence-electron chi connectivity index (χ2n) is 4.46.